The van der Waals surface area contributed by atoms with Gasteiger partial charge in [-0.15, -0.1) is 12.4 Å². The van der Waals surface area contributed by atoms with Gasteiger partial charge in [0.15, 0.2) is 0 Å². The SMILES string of the molecule is Cc1ccc(F)cc1[C@H](N)CC(F)F.Cl. The number of nitrogens with two attached hydrogens (primary N) is 1. The summed E-state index contributed by atoms with van der Waals surface area (Å²) in [4.78, 5) is 0. The number of halogens is 4. The predicted molar refractivity (Wildman–Crippen MR) is 55.9 cm³/mol. The van der Waals surface area contributed by atoms with Gasteiger partial charge in [-0.05, 0) is 30.2 Å². The molecule has 1 aromatic rings. The minimum atomic E-state index is -2.47. The Balaban J connectivity index is 0.00000196. The van der Waals surface area contributed by atoms with Crippen molar-refractivity contribution >= 4 is 12.4 Å². The minimum absolute atomic E-state index is 0. The van der Waals surface area contributed by atoms with Crippen LogP contribution < -0.4 is 5.73 Å². The van der Waals surface area contributed by atoms with E-state index in [1.807, 2.05) is 0 Å². The van der Waals surface area contributed by atoms with E-state index in [0.717, 1.165) is 5.56 Å². The fourth-order valence-corrected chi connectivity index (χ4v) is 1.33. The normalized spacial score (nSPS) is 12.4. The molecule has 0 radical (unpaired) electrons. The zero-order chi connectivity index (χ0) is 10.7. The Morgan fingerprint density at radius 2 is 1.93 bits per heavy atom. The van der Waals surface area contributed by atoms with Gasteiger partial charge in [-0.1, -0.05) is 6.07 Å². The van der Waals surface area contributed by atoms with Gasteiger partial charge >= 0.3 is 0 Å². The van der Waals surface area contributed by atoms with Gasteiger partial charge in [-0.3, -0.25) is 0 Å². The van der Waals surface area contributed by atoms with Crippen LogP contribution in [0, 0.1) is 12.7 Å². The van der Waals surface area contributed by atoms with E-state index in [0.29, 0.717) is 5.56 Å². The number of alkyl halides is 2. The van der Waals surface area contributed by atoms with Crippen molar-refractivity contribution < 1.29 is 13.2 Å². The maximum Gasteiger partial charge on any atom is 0.240 e. The lowest BCUT2D eigenvalue weighted by molar-refractivity contribution is 0.128. The Morgan fingerprint density at radius 3 is 2.47 bits per heavy atom. The molecule has 1 rings (SSSR count). The summed E-state index contributed by atoms with van der Waals surface area (Å²) in [6.45, 7) is 1.72. The molecule has 0 aliphatic carbocycles. The first-order valence-electron chi connectivity index (χ1n) is 4.30. The van der Waals surface area contributed by atoms with Crippen molar-refractivity contribution in [2.75, 3.05) is 0 Å². The molecular weight excluding hydrogens is 227 g/mol. The highest BCUT2D eigenvalue weighted by atomic mass is 35.5. The van der Waals surface area contributed by atoms with Crippen LogP contribution in [0.15, 0.2) is 18.2 Å². The van der Waals surface area contributed by atoms with Gasteiger partial charge in [-0.25, -0.2) is 13.2 Å². The number of aryl methyl sites for hydroxylation is 1. The summed E-state index contributed by atoms with van der Waals surface area (Å²) < 4.78 is 36.9. The zero-order valence-electron chi connectivity index (χ0n) is 8.21. The van der Waals surface area contributed by atoms with Crippen LogP contribution in [0.2, 0.25) is 0 Å². The Kier molecular flexibility index (Phi) is 5.68. The van der Waals surface area contributed by atoms with Crippen LogP contribution in [-0.4, -0.2) is 6.43 Å². The Labute approximate surface area is 92.9 Å². The van der Waals surface area contributed by atoms with Crippen LogP contribution in [0.5, 0.6) is 0 Å². The van der Waals surface area contributed by atoms with E-state index in [1.54, 1.807) is 6.92 Å². The molecule has 0 spiro atoms. The molecule has 0 heterocycles. The predicted octanol–water partition coefficient (Wildman–Crippen LogP) is 3.21. The largest absolute Gasteiger partial charge is 0.324 e. The average Bonchev–Trinajstić information content (AvgIpc) is 2.08. The molecule has 1 aromatic carbocycles. The first-order chi connectivity index (χ1) is 6.50. The molecule has 0 aliphatic heterocycles. The van der Waals surface area contributed by atoms with Crippen molar-refractivity contribution in [2.45, 2.75) is 25.8 Å². The summed E-state index contributed by atoms with van der Waals surface area (Å²) in [5, 5.41) is 0. The third-order valence-electron chi connectivity index (χ3n) is 2.07. The van der Waals surface area contributed by atoms with Crippen LogP contribution in [0.1, 0.15) is 23.6 Å². The molecule has 0 fully saturated rings. The highest BCUT2D eigenvalue weighted by molar-refractivity contribution is 5.85. The van der Waals surface area contributed by atoms with Gasteiger partial charge < -0.3 is 5.73 Å². The lowest BCUT2D eigenvalue weighted by Gasteiger charge is -2.14. The number of hydrogen-bond acceptors (Lipinski definition) is 1. The lowest BCUT2D eigenvalue weighted by atomic mass is 9.99. The van der Waals surface area contributed by atoms with Crippen molar-refractivity contribution in [3.05, 3.63) is 35.1 Å². The molecule has 5 heteroatoms. The Bertz CT molecular complexity index is 318. The van der Waals surface area contributed by atoms with Crippen molar-refractivity contribution in [1.82, 2.24) is 0 Å². The van der Waals surface area contributed by atoms with E-state index in [4.69, 9.17) is 5.73 Å². The molecular formula is C10H13ClF3N. The summed E-state index contributed by atoms with van der Waals surface area (Å²) in [6.07, 6.45) is -2.91. The minimum Gasteiger partial charge on any atom is -0.324 e. The third kappa shape index (κ3) is 4.10. The van der Waals surface area contributed by atoms with Crippen LogP contribution in [0.4, 0.5) is 13.2 Å². The summed E-state index contributed by atoms with van der Waals surface area (Å²) in [5.41, 5.74) is 6.70. The van der Waals surface area contributed by atoms with Gasteiger partial charge in [0.1, 0.15) is 5.82 Å². The van der Waals surface area contributed by atoms with Crippen molar-refractivity contribution in [1.29, 1.82) is 0 Å². The Morgan fingerprint density at radius 1 is 1.33 bits per heavy atom. The number of hydrogen-bond donors (Lipinski definition) is 1. The molecule has 0 aromatic heterocycles. The molecule has 86 valence electrons. The van der Waals surface area contributed by atoms with Gasteiger partial charge in [0.05, 0.1) is 0 Å². The highest BCUT2D eigenvalue weighted by Gasteiger charge is 2.15. The standard InChI is InChI=1S/C10H12F3N.ClH/c1-6-2-3-7(11)4-8(6)9(14)5-10(12)13;/h2-4,9-10H,5,14H2,1H3;1H/t9-;/m1./s1. The Hall–Kier alpha value is -0.740. The van der Waals surface area contributed by atoms with Crippen molar-refractivity contribution in [2.24, 2.45) is 5.73 Å². The third-order valence-corrected chi connectivity index (χ3v) is 2.07. The van der Waals surface area contributed by atoms with E-state index in [1.165, 1.54) is 18.2 Å². The zero-order valence-corrected chi connectivity index (χ0v) is 9.03. The van der Waals surface area contributed by atoms with Gasteiger partial charge in [0, 0.05) is 12.5 Å². The molecule has 0 saturated carbocycles. The van der Waals surface area contributed by atoms with Crippen LogP contribution >= 0.6 is 12.4 Å². The maximum absolute atomic E-state index is 12.8. The van der Waals surface area contributed by atoms with E-state index < -0.39 is 24.7 Å². The van der Waals surface area contributed by atoms with E-state index in [9.17, 15) is 13.2 Å². The van der Waals surface area contributed by atoms with Crippen LogP contribution in [-0.2, 0) is 0 Å². The fraction of sp³-hybridized carbons (Fsp3) is 0.400. The second kappa shape index (κ2) is 5.98. The molecule has 0 amide bonds. The highest BCUT2D eigenvalue weighted by Crippen LogP contribution is 2.22. The molecule has 2 N–H and O–H groups in total. The molecule has 0 unspecified atom stereocenters. The number of benzene rings is 1. The summed E-state index contributed by atoms with van der Waals surface area (Å²) in [5.74, 6) is -0.449. The maximum atomic E-state index is 12.8. The van der Waals surface area contributed by atoms with E-state index >= 15 is 0 Å². The van der Waals surface area contributed by atoms with Crippen molar-refractivity contribution in [3.8, 4) is 0 Å². The second-order valence-corrected chi connectivity index (χ2v) is 3.23. The van der Waals surface area contributed by atoms with Gasteiger partial charge in [-0.2, -0.15) is 0 Å². The molecule has 0 aliphatic rings. The van der Waals surface area contributed by atoms with Crippen LogP contribution in [0.25, 0.3) is 0 Å². The molecule has 15 heavy (non-hydrogen) atoms. The quantitative estimate of drug-likeness (QED) is 0.861. The molecule has 1 atom stereocenters. The fourth-order valence-electron chi connectivity index (χ4n) is 1.33. The van der Waals surface area contributed by atoms with Crippen molar-refractivity contribution in [3.63, 3.8) is 0 Å². The summed E-state index contributed by atoms with van der Waals surface area (Å²) >= 11 is 0. The summed E-state index contributed by atoms with van der Waals surface area (Å²) in [7, 11) is 0. The monoisotopic (exact) mass is 239 g/mol. The average molecular weight is 240 g/mol. The summed E-state index contributed by atoms with van der Waals surface area (Å²) in [6, 6.07) is 3.23. The van der Waals surface area contributed by atoms with Crippen LogP contribution in [0.3, 0.4) is 0 Å². The lowest BCUT2D eigenvalue weighted by Crippen LogP contribution is -2.15. The first kappa shape index (κ1) is 14.3. The second-order valence-electron chi connectivity index (χ2n) is 3.23. The molecule has 0 bridgehead atoms. The van der Waals surface area contributed by atoms with E-state index in [2.05, 4.69) is 0 Å². The molecule has 1 nitrogen and oxygen atoms in total. The smallest absolute Gasteiger partial charge is 0.240 e. The van der Waals surface area contributed by atoms with Gasteiger partial charge in [0.25, 0.3) is 0 Å². The molecule has 0 saturated heterocycles. The first-order valence-corrected chi connectivity index (χ1v) is 4.30. The number of rotatable bonds is 3. The van der Waals surface area contributed by atoms with Gasteiger partial charge in [0.2, 0.25) is 6.43 Å². The topological polar surface area (TPSA) is 26.0 Å². The van der Waals surface area contributed by atoms with E-state index in [-0.39, 0.29) is 12.4 Å².